The van der Waals surface area contributed by atoms with Crippen molar-refractivity contribution in [1.29, 1.82) is 0 Å². The first-order valence-corrected chi connectivity index (χ1v) is 6.31. The van der Waals surface area contributed by atoms with Crippen molar-refractivity contribution in [2.75, 3.05) is 13.2 Å². The van der Waals surface area contributed by atoms with Gasteiger partial charge in [-0.05, 0) is 30.9 Å². The Morgan fingerprint density at radius 2 is 2.05 bits per heavy atom. The van der Waals surface area contributed by atoms with Gasteiger partial charge in [0.25, 0.3) is 0 Å². The highest BCUT2D eigenvalue weighted by Crippen LogP contribution is 2.18. The van der Waals surface area contributed by atoms with Crippen molar-refractivity contribution in [2.45, 2.75) is 25.8 Å². The monoisotopic (exact) mass is 267 g/mol. The fraction of sp³-hybridized carbons (Fsp3) is 0.538. The number of rotatable bonds is 5. The van der Waals surface area contributed by atoms with E-state index in [1.165, 1.54) is 6.07 Å². The van der Waals surface area contributed by atoms with Crippen molar-refractivity contribution >= 4 is 11.9 Å². The standard InChI is InChI=1S/C13H17NO5/c15-12(7-9-3-5-18-6-4-9)14-8-10-1-2-11(19-10)13(16)17/h1-2,9H,3-8H2,(H,14,15)(H,16,17). The molecule has 6 heteroatoms. The molecule has 6 nitrogen and oxygen atoms in total. The van der Waals surface area contributed by atoms with Crippen LogP contribution in [-0.2, 0) is 16.1 Å². The molecule has 0 radical (unpaired) electrons. The summed E-state index contributed by atoms with van der Waals surface area (Å²) in [4.78, 5) is 22.3. The second-order valence-electron chi connectivity index (χ2n) is 4.61. The molecule has 0 aliphatic carbocycles. The van der Waals surface area contributed by atoms with Crippen LogP contribution in [0, 0.1) is 5.92 Å². The van der Waals surface area contributed by atoms with Gasteiger partial charge in [-0.2, -0.15) is 0 Å². The maximum absolute atomic E-state index is 11.7. The molecule has 1 amide bonds. The van der Waals surface area contributed by atoms with Crippen molar-refractivity contribution < 1.29 is 23.8 Å². The minimum atomic E-state index is -1.11. The topological polar surface area (TPSA) is 88.8 Å². The lowest BCUT2D eigenvalue weighted by molar-refractivity contribution is -0.122. The van der Waals surface area contributed by atoms with E-state index >= 15 is 0 Å². The van der Waals surface area contributed by atoms with Crippen molar-refractivity contribution in [3.05, 3.63) is 23.7 Å². The second-order valence-corrected chi connectivity index (χ2v) is 4.61. The first-order chi connectivity index (χ1) is 9.15. The zero-order valence-electron chi connectivity index (χ0n) is 10.6. The summed E-state index contributed by atoms with van der Waals surface area (Å²) in [5.74, 6) is -0.453. The Bertz CT molecular complexity index is 448. The van der Waals surface area contributed by atoms with Crippen LogP contribution in [0.2, 0.25) is 0 Å². The van der Waals surface area contributed by atoms with Crippen LogP contribution in [0.1, 0.15) is 35.6 Å². The van der Waals surface area contributed by atoms with E-state index < -0.39 is 5.97 Å². The Hall–Kier alpha value is -1.82. The molecule has 0 unspecified atom stereocenters. The van der Waals surface area contributed by atoms with Crippen LogP contribution >= 0.6 is 0 Å². The SMILES string of the molecule is O=C(CC1CCOCC1)NCc1ccc(C(=O)O)o1. The molecule has 1 fully saturated rings. The largest absolute Gasteiger partial charge is 0.475 e. The van der Waals surface area contributed by atoms with Crippen LogP contribution in [0.15, 0.2) is 16.5 Å². The van der Waals surface area contributed by atoms with Gasteiger partial charge in [-0.1, -0.05) is 0 Å². The summed E-state index contributed by atoms with van der Waals surface area (Å²) >= 11 is 0. The highest BCUT2D eigenvalue weighted by molar-refractivity contribution is 5.84. The highest BCUT2D eigenvalue weighted by atomic mass is 16.5. The molecule has 104 valence electrons. The molecule has 2 rings (SSSR count). The van der Waals surface area contributed by atoms with Gasteiger partial charge in [-0.15, -0.1) is 0 Å². The summed E-state index contributed by atoms with van der Waals surface area (Å²) in [6.07, 6.45) is 2.31. The summed E-state index contributed by atoms with van der Waals surface area (Å²) in [5.41, 5.74) is 0. The predicted molar refractivity (Wildman–Crippen MR) is 65.7 cm³/mol. The molecule has 1 aromatic rings. The van der Waals surface area contributed by atoms with E-state index in [2.05, 4.69) is 5.32 Å². The molecule has 0 saturated carbocycles. The van der Waals surface area contributed by atoms with Crippen molar-refractivity contribution in [3.8, 4) is 0 Å². The second kappa shape index (κ2) is 6.38. The summed E-state index contributed by atoms with van der Waals surface area (Å²) in [6.45, 7) is 1.66. The van der Waals surface area contributed by atoms with E-state index in [0.717, 1.165) is 26.1 Å². The van der Waals surface area contributed by atoms with Gasteiger partial charge in [0.2, 0.25) is 11.7 Å². The van der Waals surface area contributed by atoms with E-state index in [1.54, 1.807) is 6.07 Å². The van der Waals surface area contributed by atoms with Crippen molar-refractivity contribution in [3.63, 3.8) is 0 Å². The minimum absolute atomic E-state index is 0.0415. The number of amides is 1. The third-order valence-corrected chi connectivity index (χ3v) is 3.15. The van der Waals surface area contributed by atoms with E-state index in [4.69, 9.17) is 14.3 Å². The average molecular weight is 267 g/mol. The smallest absolute Gasteiger partial charge is 0.371 e. The number of hydrogen-bond donors (Lipinski definition) is 2. The molecule has 2 heterocycles. The van der Waals surface area contributed by atoms with E-state index in [-0.39, 0.29) is 18.2 Å². The molecular formula is C13H17NO5. The Kier molecular flexibility index (Phi) is 4.57. The lowest BCUT2D eigenvalue weighted by Gasteiger charge is -2.21. The third kappa shape index (κ3) is 4.10. The molecule has 0 spiro atoms. The van der Waals surface area contributed by atoms with Gasteiger partial charge >= 0.3 is 5.97 Å². The van der Waals surface area contributed by atoms with Crippen LogP contribution < -0.4 is 5.32 Å². The van der Waals surface area contributed by atoms with Crippen LogP contribution in [0.3, 0.4) is 0 Å². The van der Waals surface area contributed by atoms with Gasteiger partial charge < -0.3 is 19.6 Å². The molecule has 0 atom stereocenters. The van der Waals surface area contributed by atoms with Gasteiger partial charge in [0.15, 0.2) is 0 Å². The maximum atomic E-state index is 11.7. The van der Waals surface area contributed by atoms with Gasteiger partial charge in [-0.3, -0.25) is 4.79 Å². The number of ether oxygens (including phenoxy) is 1. The van der Waals surface area contributed by atoms with Gasteiger partial charge in [0, 0.05) is 19.6 Å². The number of nitrogens with one attached hydrogen (secondary N) is 1. The molecule has 1 aliphatic rings. The van der Waals surface area contributed by atoms with Crippen molar-refractivity contribution in [1.82, 2.24) is 5.32 Å². The quantitative estimate of drug-likeness (QED) is 0.842. The van der Waals surface area contributed by atoms with Crippen LogP contribution in [0.25, 0.3) is 0 Å². The van der Waals surface area contributed by atoms with Crippen LogP contribution in [-0.4, -0.2) is 30.2 Å². The maximum Gasteiger partial charge on any atom is 0.371 e. The number of carbonyl (C=O) groups excluding carboxylic acids is 1. The summed E-state index contributed by atoms with van der Waals surface area (Å²) in [6, 6.07) is 2.93. The third-order valence-electron chi connectivity index (χ3n) is 3.15. The average Bonchev–Trinajstić information content (AvgIpc) is 2.86. The molecule has 1 aromatic heterocycles. The Morgan fingerprint density at radius 1 is 1.32 bits per heavy atom. The van der Waals surface area contributed by atoms with Crippen molar-refractivity contribution in [2.24, 2.45) is 5.92 Å². The molecule has 1 aliphatic heterocycles. The molecule has 1 saturated heterocycles. The molecular weight excluding hydrogens is 250 g/mol. The Balaban J connectivity index is 1.74. The van der Waals surface area contributed by atoms with E-state index in [0.29, 0.717) is 18.1 Å². The molecule has 19 heavy (non-hydrogen) atoms. The lowest BCUT2D eigenvalue weighted by atomic mass is 9.96. The highest BCUT2D eigenvalue weighted by Gasteiger charge is 2.17. The fourth-order valence-corrected chi connectivity index (χ4v) is 2.06. The first-order valence-electron chi connectivity index (χ1n) is 6.31. The number of aromatic carboxylic acids is 1. The number of furan rings is 1. The summed E-state index contributed by atoms with van der Waals surface area (Å²) < 4.78 is 10.3. The molecule has 0 bridgehead atoms. The lowest BCUT2D eigenvalue weighted by Crippen LogP contribution is -2.27. The van der Waals surface area contributed by atoms with Gasteiger partial charge in [0.1, 0.15) is 5.76 Å². The zero-order valence-corrected chi connectivity index (χ0v) is 10.6. The Labute approximate surface area is 110 Å². The van der Waals surface area contributed by atoms with Gasteiger partial charge in [0.05, 0.1) is 6.54 Å². The summed E-state index contributed by atoms with van der Waals surface area (Å²) in [5, 5.41) is 11.4. The van der Waals surface area contributed by atoms with Gasteiger partial charge in [-0.25, -0.2) is 4.79 Å². The van der Waals surface area contributed by atoms with E-state index in [1.807, 2.05) is 0 Å². The fourth-order valence-electron chi connectivity index (χ4n) is 2.06. The normalized spacial score (nSPS) is 16.2. The Morgan fingerprint density at radius 3 is 2.68 bits per heavy atom. The predicted octanol–water partition coefficient (Wildman–Crippen LogP) is 1.41. The molecule has 0 aromatic carbocycles. The zero-order chi connectivity index (χ0) is 13.7. The first kappa shape index (κ1) is 13.6. The molecule has 2 N–H and O–H groups in total. The van der Waals surface area contributed by atoms with Crippen LogP contribution in [0.5, 0.6) is 0 Å². The minimum Gasteiger partial charge on any atom is -0.475 e. The van der Waals surface area contributed by atoms with Crippen LogP contribution in [0.4, 0.5) is 0 Å². The van der Waals surface area contributed by atoms with E-state index in [9.17, 15) is 9.59 Å². The number of carboxylic acids is 1. The summed E-state index contributed by atoms with van der Waals surface area (Å²) in [7, 11) is 0. The number of carboxylic acid groups (broad SMARTS) is 1. The number of hydrogen-bond acceptors (Lipinski definition) is 4. The number of carbonyl (C=O) groups is 2.